The van der Waals surface area contributed by atoms with Crippen LogP contribution in [0.2, 0.25) is 0 Å². The Kier molecular flexibility index (Phi) is 4.41. The van der Waals surface area contributed by atoms with Crippen molar-refractivity contribution in [3.8, 4) is 0 Å². The zero-order chi connectivity index (χ0) is 13.0. The number of carbonyl (C=O) groups is 1. The fourth-order valence-electron chi connectivity index (χ4n) is 1.82. The van der Waals surface area contributed by atoms with Crippen molar-refractivity contribution in [2.75, 3.05) is 23.4 Å². The van der Waals surface area contributed by atoms with E-state index in [4.69, 9.17) is 0 Å². The number of rotatable bonds is 4. The molecule has 2 rings (SSSR count). The lowest BCUT2D eigenvalue weighted by atomic mass is 10.2. The van der Waals surface area contributed by atoms with Gasteiger partial charge >= 0.3 is 0 Å². The number of hydrogen-bond donors (Lipinski definition) is 2. The van der Waals surface area contributed by atoms with Gasteiger partial charge in [0.15, 0.2) is 11.6 Å². The number of nitrogens with one attached hydrogen (secondary N) is 2. The zero-order valence-electron chi connectivity index (χ0n) is 10.2. The van der Waals surface area contributed by atoms with Gasteiger partial charge in [0.1, 0.15) is 0 Å². The van der Waals surface area contributed by atoms with Gasteiger partial charge in [-0.15, -0.1) is 0 Å². The lowest BCUT2D eigenvalue weighted by Crippen LogP contribution is -2.35. The number of pyridine rings is 1. The first-order valence-electron chi connectivity index (χ1n) is 5.99. The van der Waals surface area contributed by atoms with E-state index in [1.165, 1.54) is 12.3 Å². The molecule has 0 aliphatic carbocycles. The first kappa shape index (κ1) is 13.1. The Balaban J connectivity index is 2.11. The Morgan fingerprint density at radius 1 is 1.67 bits per heavy atom. The van der Waals surface area contributed by atoms with Gasteiger partial charge in [-0.3, -0.25) is 4.79 Å². The molecule has 1 atom stereocenters. The standard InChI is InChI=1S/C12H16FN3OS/c1-2-14-11-10(13)9(3-5-15-11)12(17)16-8-4-6-18-7-8/h3,5,8H,2,4,6-7H2,1H3,(H,14,15)(H,16,17). The highest BCUT2D eigenvalue weighted by Gasteiger charge is 2.21. The van der Waals surface area contributed by atoms with E-state index in [-0.39, 0.29) is 23.3 Å². The third-order valence-electron chi connectivity index (χ3n) is 2.74. The molecule has 0 radical (unpaired) electrons. The van der Waals surface area contributed by atoms with Crippen LogP contribution in [0.1, 0.15) is 23.7 Å². The van der Waals surface area contributed by atoms with Gasteiger partial charge in [0.25, 0.3) is 5.91 Å². The fourth-order valence-corrected chi connectivity index (χ4v) is 2.97. The second-order valence-electron chi connectivity index (χ2n) is 4.09. The van der Waals surface area contributed by atoms with Crippen molar-refractivity contribution in [2.24, 2.45) is 0 Å². The maximum Gasteiger partial charge on any atom is 0.254 e. The van der Waals surface area contributed by atoms with Crippen molar-refractivity contribution in [2.45, 2.75) is 19.4 Å². The Hall–Kier alpha value is -1.30. The van der Waals surface area contributed by atoms with Crippen molar-refractivity contribution in [3.05, 3.63) is 23.6 Å². The number of anilines is 1. The Bertz CT molecular complexity index is 435. The zero-order valence-corrected chi connectivity index (χ0v) is 11.0. The molecule has 6 heteroatoms. The molecule has 1 unspecified atom stereocenters. The predicted octanol–water partition coefficient (Wildman–Crippen LogP) is 1.89. The molecule has 1 aliphatic rings. The average molecular weight is 269 g/mol. The van der Waals surface area contributed by atoms with Crippen molar-refractivity contribution in [3.63, 3.8) is 0 Å². The van der Waals surface area contributed by atoms with Crippen LogP contribution in [0.5, 0.6) is 0 Å². The molecule has 0 bridgehead atoms. The second-order valence-corrected chi connectivity index (χ2v) is 5.24. The van der Waals surface area contributed by atoms with Crippen LogP contribution < -0.4 is 10.6 Å². The normalized spacial score (nSPS) is 18.7. The number of thioether (sulfide) groups is 1. The lowest BCUT2D eigenvalue weighted by Gasteiger charge is -2.12. The summed E-state index contributed by atoms with van der Waals surface area (Å²) in [7, 11) is 0. The molecule has 0 saturated carbocycles. The van der Waals surface area contributed by atoms with Gasteiger partial charge in [-0.25, -0.2) is 9.37 Å². The number of amides is 1. The van der Waals surface area contributed by atoms with Gasteiger partial charge < -0.3 is 10.6 Å². The third-order valence-corrected chi connectivity index (χ3v) is 3.91. The van der Waals surface area contributed by atoms with Crippen molar-refractivity contribution in [1.29, 1.82) is 0 Å². The van der Waals surface area contributed by atoms with E-state index in [2.05, 4.69) is 15.6 Å². The summed E-state index contributed by atoms with van der Waals surface area (Å²) in [6, 6.07) is 1.56. The van der Waals surface area contributed by atoms with E-state index in [9.17, 15) is 9.18 Å². The highest BCUT2D eigenvalue weighted by Crippen LogP contribution is 2.19. The highest BCUT2D eigenvalue weighted by atomic mass is 32.2. The summed E-state index contributed by atoms with van der Waals surface area (Å²) < 4.78 is 14.0. The largest absolute Gasteiger partial charge is 0.368 e. The van der Waals surface area contributed by atoms with Crippen LogP contribution in [0.25, 0.3) is 0 Å². The molecule has 1 aromatic rings. The van der Waals surface area contributed by atoms with Gasteiger partial charge in [-0.2, -0.15) is 11.8 Å². The minimum Gasteiger partial charge on any atom is -0.368 e. The van der Waals surface area contributed by atoms with E-state index in [0.717, 1.165) is 17.9 Å². The monoisotopic (exact) mass is 269 g/mol. The molecule has 2 N–H and O–H groups in total. The molecule has 1 fully saturated rings. The summed E-state index contributed by atoms with van der Waals surface area (Å²) in [6.45, 7) is 2.41. The molecular formula is C12H16FN3OS. The molecule has 1 aliphatic heterocycles. The van der Waals surface area contributed by atoms with Crippen LogP contribution in [-0.4, -0.2) is 35.0 Å². The minimum atomic E-state index is -0.581. The van der Waals surface area contributed by atoms with Crippen LogP contribution in [0.15, 0.2) is 12.3 Å². The van der Waals surface area contributed by atoms with Crippen molar-refractivity contribution in [1.82, 2.24) is 10.3 Å². The summed E-state index contributed by atoms with van der Waals surface area (Å²) in [4.78, 5) is 15.8. The predicted molar refractivity (Wildman–Crippen MR) is 71.6 cm³/mol. The maximum absolute atomic E-state index is 14.0. The molecule has 1 amide bonds. The van der Waals surface area contributed by atoms with Gasteiger partial charge in [-0.1, -0.05) is 0 Å². The summed E-state index contributed by atoms with van der Waals surface area (Å²) >= 11 is 1.80. The van der Waals surface area contributed by atoms with Crippen LogP contribution in [-0.2, 0) is 0 Å². The summed E-state index contributed by atoms with van der Waals surface area (Å²) in [5, 5.41) is 5.64. The molecular weight excluding hydrogens is 253 g/mol. The summed E-state index contributed by atoms with van der Waals surface area (Å²) in [5.41, 5.74) is 0.0536. The van der Waals surface area contributed by atoms with E-state index in [1.807, 2.05) is 6.92 Å². The second kappa shape index (κ2) is 6.04. The molecule has 1 saturated heterocycles. The Labute approximate surface area is 110 Å². The summed E-state index contributed by atoms with van der Waals surface area (Å²) in [6.07, 6.45) is 2.39. The van der Waals surface area contributed by atoms with Crippen molar-refractivity contribution >= 4 is 23.5 Å². The molecule has 18 heavy (non-hydrogen) atoms. The van der Waals surface area contributed by atoms with E-state index in [0.29, 0.717) is 6.54 Å². The number of hydrogen-bond acceptors (Lipinski definition) is 4. The van der Waals surface area contributed by atoms with E-state index >= 15 is 0 Å². The van der Waals surface area contributed by atoms with Crippen molar-refractivity contribution < 1.29 is 9.18 Å². The van der Waals surface area contributed by atoms with Gasteiger partial charge in [0.05, 0.1) is 5.56 Å². The van der Waals surface area contributed by atoms with Crippen LogP contribution in [0, 0.1) is 5.82 Å². The van der Waals surface area contributed by atoms with Gasteiger partial charge in [0.2, 0.25) is 0 Å². The van der Waals surface area contributed by atoms with Gasteiger partial charge in [0, 0.05) is 24.5 Å². The van der Waals surface area contributed by atoms with E-state index in [1.54, 1.807) is 11.8 Å². The number of aromatic nitrogens is 1. The molecule has 0 aromatic carbocycles. The smallest absolute Gasteiger partial charge is 0.254 e. The Morgan fingerprint density at radius 3 is 3.17 bits per heavy atom. The molecule has 2 heterocycles. The fraction of sp³-hybridized carbons (Fsp3) is 0.500. The molecule has 0 spiro atoms. The maximum atomic E-state index is 14.0. The quantitative estimate of drug-likeness (QED) is 0.876. The van der Waals surface area contributed by atoms with E-state index < -0.39 is 5.82 Å². The minimum absolute atomic E-state index is 0.0536. The molecule has 1 aromatic heterocycles. The number of carbonyl (C=O) groups excluding carboxylic acids is 1. The highest BCUT2D eigenvalue weighted by molar-refractivity contribution is 7.99. The average Bonchev–Trinajstić information content (AvgIpc) is 2.85. The lowest BCUT2D eigenvalue weighted by molar-refractivity contribution is 0.0937. The van der Waals surface area contributed by atoms with Crippen LogP contribution in [0.3, 0.4) is 0 Å². The third kappa shape index (κ3) is 2.93. The molecule has 4 nitrogen and oxygen atoms in total. The first-order valence-corrected chi connectivity index (χ1v) is 7.14. The first-order chi connectivity index (χ1) is 8.72. The van der Waals surface area contributed by atoms with Gasteiger partial charge in [-0.05, 0) is 25.2 Å². The number of nitrogens with zero attached hydrogens (tertiary/aromatic N) is 1. The molecule has 98 valence electrons. The van der Waals surface area contributed by atoms with Crippen LogP contribution in [0.4, 0.5) is 10.2 Å². The van der Waals surface area contributed by atoms with Crippen LogP contribution >= 0.6 is 11.8 Å². The summed E-state index contributed by atoms with van der Waals surface area (Å²) in [5.74, 6) is 1.14. The Morgan fingerprint density at radius 2 is 2.50 bits per heavy atom. The number of halogens is 1. The topological polar surface area (TPSA) is 54.0 Å². The SMILES string of the molecule is CCNc1nccc(C(=O)NC2CCSC2)c1F.